The van der Waals surface area contributed by atoms with Gasteiger partial charge in [-0.05, 0) is 67.2 Å². The number of hydrogen-bond donors (Lipinski definition) is 2. The van der Waals surface area contributed by atoms with Crippen LogP contribution in [-0.4, -0.2) is 39.4 Å². The second-order valence-electron chi connectivity index (χ2n) is 8.61. The van der Waals surface area contributed by atoms with Crippen molar-refractivity contribution >= 4 is 40.0 Å². The maximum Gasteiger partial charge on any atom is 0.163 e. The zero-order valence-electron chi connectivity index (χ0n) is 19.0. The third-order valence-electron chi connectivity index (χ3n) is 6.30. The molecule has 1 fully saturated rings. The van der Waals surface area contributed by atoms with Crippen LogP contribution in [0.4, 0.5) is 5.82 Å². The smallest absolute Gasteiger partial charge is 0.163 e. The molecule has 2 aromatic heterocycles. The Morgan fingerprint density at radius 1 is 1.09 bits per heavy atom. The van der Waals surface area contributed by atoms with Crippen molar-refractivity contribution in [2.75, 3.05) is 25.4 Å². The van der Waals surface area contributed by atoms with Gasteiger partial charge in [-0.2, -0.15) is 5.10 Å². The van der Waals surface area contributed by atoms with Crippen molar-refractivity contribution in [3.63, 3.8) is 0 Å². The first kappa shape index (κ1) is 23.3. The van der Waals surface area contributed by atoms with Gasteiger partial charge in [-0.3, -0.25) is 0 Å². The summed E-state index contributed by atoms with van der Waals surface area (Å²) in [4.78, 5) is 8.79. The molecule has 174 valence electrons. The van der Waals surface area contributed by atoms with Crippen LogP contribution in [0.15, 0.2) is 42.7 Å². The highest BCUT2D eigenvalue weighted by Crippen LogP contribution is 2.33. The summed E-state index contributed by atoms with van der Waals surface area (Å²) in [5.41, 5.74) is 8.98. The standard InChI is InChI=1S/C25H30N6O.ClH/c1-2-3-12-32-21-7-6-18-13-20(5-4-19(18)14-21)23-22-24(26)28-16-29-25(22)31(30-23)15-17-8-10-27-11-9-17;/h4-7,13-14,16-17,27H,2-3,8-12,15H2,1H3,(H2,26,28,29);1H. The zero-order chi connectivity index (χ0) is 21.9. The summed E-state index contributed by atoms with van der Waals surface area (Å²) < 4.78 is 7.89. The number of hydrogen-bond acceptors (Lipinski definition) is 6. The first-order chi connectivity index (χ1) is 15.7. The summed E-state index contributed by atoms with van der Waals surface area (Å²) in [6.07, 6.45) is 6.02. The highest BCUT2D eigenvalue weighted by Gasteiger charge is 2.21. The number of nitrogens with zero attached hydrogens (tertiary/aromatic N) is 4. The number of anilines is 1. The van der Waals surface area contributed by atoms with E-state index in [1.165, 1.54) is 6.33 Å². The number of aromatic nitrogens is 4. The number of piperidine rings is 1. The highest BCUT2D eigenvalue weighted by molar-refractivity contribution is 6.00. The Morgan fingerprint density at radius 3 is 2.70 bits per heavy atom. The van der Waals surface area contributed by atoms with Crippen LogP contribution in [0, 0.1) is 5.92 Å². The monoisotopic (exact) mass is 466 g/mol. The van der Waals surface area contributed by atoms with E-state index in [0.29, 0.717) is 11.7 Å². The Hall–Kier alpha value is -2.90. The van der Waals surface area contributed by atoms with Crippen LogP contribution in [0.5, 0.6) is 5.75 Å². The SMILES string of the molecule is CCCCOc1ccc2cc(-c3nn(CC4CCNCC4)c4ncnc(N)c34)ccc2c1.Cl. The lowest BCUT2D eigenvalue weighted by Gasteiger charge is -2.22. The third kappa shape index (κ3) is 4.89. The number of nitrogens with one attached hydrogen (secondary N) is 1. The van der Waals surface area contributed by atoms with Crippen molar-refractivity contribution < 1.29 is 4.74 Å². The molecule has 3 heterocycles. The first-order valence-electron chi connectivity index (χ1n) is 11.6. The Morgan fingerprint density at radius 2 is 1.88 bits per heavy atom. The van der Waals surface area contributed by atoms with E-state index in [-0.39, 0.29) is 12.4 Å². The molecule has 8 heteroatoms. The minimum absolute atomic E-state index is 0. The highest BCUT2D eigenvalue weighted by atomic mass is 35.5. The van der Waals surface area contributed by atoms with E-state index in [0.717, 1.165) is 90.7 Å². The van der Waals surface area contributed by atoms with Crippen LogP contribution in [0.3, 0.4) is 0 Å². The molecule has 33 heavy (non-hydrogen) atoms. The number of nitrogen functional groups attached to an aromatic ring is 1. The molecule has 0 atom stereocenters. The Kier molecular flexibility index (Phi) is 7.30. The number of rotatable bonds is 7. The summed E-state index contributed by atoms with van der Waals surface area (Å²) >= 11 is 0. The normalized spacial score (nSPS) is 14.5. The summed E-state index contributed by atoms with van der Waals surface area (Å²) in [7, 11) is 0. The van der Waals surface area contributed by atoms with Crippen LogP contribution in [0.1, 0.15) is 32.6 Å². The van der Waals surface area contributed by atoms with Gasteiger partial charge in [-0.25, -0.2) is 14.6 Å². The van der Waals surface area contributed by atoms with E-state index in [2.05, 4.69) is 52.5 Å². The number of benzene rings is 2. The van der Waals surface area contributed by atoms with E-state index in [1.807, 2.05) is 10.7 Å². The van der Waals surface area contributed by atoms with E-state index in [9.17, 15) is 0 Å². The van der Waals surface area contributed by atoms with Gasteiger partial charge in [0.2, 0.25) is 0 Å². The number of halogens is 1. The molecule has 3 N–H and O–H groups in total. The molecule has 0 radical (unpaired) electrons. The third-order valence-corrected chi connectivity index (χ3v) is 6.30. The van der Waals surface area contributed by atoms with E-state index >= 15 is 0 Å². The van der Waals surface area contributed by atoms with Crippen LogP contribution in [0.2, 0.25) is 0 Å². The van der Waals surface area contributed by atoms with Crippen molar-refractivity contribution in [2.24, 2.45) is 5.92 Å². The van der Waals surface area contributed by atoms with Crippen LogP contribution >= 0.6 is 12.4 Å². The summed E-state index contributed by atoms with van der Waals surface area (Å²) in [6, 6.07) is 12.6. The van der Waals surface area contributed by atoms with Gasteiger partial charge in [0.25, 0.3) is 0 Å². The molecular formula is C25H31ClN6O. The number of fused-ring (bicyclic) bond motifs is 2. The van der Waals surface area contributed by atoms with Crippen molar-refractivity contribution in [1.29, 1.82) is 0 Å². The van der Waals surface area contributed by atoms with Gasteiger partial charge in [0.15, 0.2) is 5.65 Å². The Labute approximate surface area is 200 Å². The molecule has 5 rings (SSSR count). The Balaban J connectivity index is 0.00000259. The average molecular weight is 467 g/mol. The number of nitrogens with two attached hydrogens (primary N) is 1. The second-order valence-corrected chi connectivity index (χ2v) is 8.61. The molecule has 7 nitrogen and oxygen atoms in total. The van der Waals surface area contributed by atoms with Gasteiger partial charge in [0.05, 0.1) is 12.0 Å². The average Bonchev–Trinajstić information content (AvgIpc) is 3.19. The van der Waals surface area contributed by atoms with Gasteiger partial charge in [-0.15, -0.1) is 12.4 Å². The second kappa shape index (κ2) is 10.4. The maximum atomic E-state index is 6.30. The van der Waals surface area contributed by atoms with Gasteiger partial charge >= 0.3 is 0 Å². The molecule has 0 saturated carbocycles. The molecule has 0 amide bonds. The molecule has 1 saturated heterocycles. The zero-order valence-corrected chi connectivity index (χ0v) is 19.8. The molecule has 4 aromatic rings. The van der Waals surface area contributed by atoms with Crippen molar-refractivity contribution in [2.45, 2.75) is 39.2 Å². The molecular weight excluding hydrogens is 436 g/mol. The maximum absolute atomic E-state index is 6.30. The minimum Gasteiger partial charge on any atom is -0.494 e. The van der Waals surface area contributed by atoms with Gasteiger partial charge in [0.1, 0.15) is 23.6 Å². The minimum atomic E-state index is 0. The molecule has 0 spiro atoms. The fourth-order valence-corrected chi connectivity index (χ4v) is 4.46. The van der Waals surface area contributed by atoms with Crippen LogP contribution in [0.25, 0.3) is 33.1 Å². The lowest BCUT2D eigenvalue weighted by molar-refractivity contribution is 0.310. The predicted molar refractivity (Wildman–Crippen MR) is 136 cm³/mol. The van der Waals surface area contributed by atoms with Crippen LogP contribution < -0.4 is 15.8 Å². The lowest BCUT2D eigenvalue weighted by atomic mass is 9.98. The van der Waals surface area contributed by atoms with E-state index in [4.69, 9.17) is 15.6 Å². The topological polar surface area (TPSA) is 90.9 Å². The largest absolute Gasteiger partial charge is 0.494 e. The molecule has 1 aliphatic rings. The fourth-order valence-electron chi connectivity index (χ4n) is 4.46. The van der Waals surface area contributed by atoms with Crippen molar-refractivity contribution in [1.82, 2.24) is 25.1 Å². The van der Waals surface area contributed by atoms with Gasteiger partial charge in [0, 0.05) is 12.1 Å². The summed E-state index contributed by atoms with van der Waals surface area (Å²) in [5, 5.41) is 11.5. The first-order valence-corrected chi connectivity index (χ1v) is 11.6. The number of unbranched alkanes of at least 4 members (excludes halogenated alkanes) is 1. The Bertz CT molecular complexity index is 1230. The van der Waals surface area contributed by atoms with Gasteiger partial charge in [-0.1, -0.05) is 31.5 Å². The molecule has 2 aromatic carbocycles. The summed E-state index contributed by atoms with van der Waals surface area (Å²) in [5.74, 6) is 1.97. The lowest BCUT2D eigenvalue weighted by Crippen LogP contribution is -2.30. The fraction of sp³-hybridized carbons (Fsp3) is 0.400. The molecule has 0 aliphatic carbocycles. The van der Waals surface area contributed by atoms with Crippen LogP contribution in [-0.2, 0) is 6.54 Å². The van der Waals surface area contributed by atoms with E-state index in [1.54, 1.807) is 0 Å². The summed E-state index contributed by atoms with van der Waals surface area (Å²) in [6.45, 7) is 5.88. The van der Waals surface area contributed by atoms with Gasteiger partial charge < -0.3 is 15.8 Å². The van der Waals surface area contributed by atoms with Crippen molar-refractivity contribution in [3.8, 4) is 17.0 Å². The van der Waals surface area contributed by atoms with Crippen molar-refractivity contribution in [3.05, 3.63) is 42.7 Å². The quantitative estimate of drug-likeness (QED) is 0.379. The molecule has 1 aliphatic heterocycles. The predicted octanol–water partition coefficient (Wildman–Crippen LogP) is 4.83. The molecule has 0 unspecified atom stereocenters. The number of ether oxygens (including phenoxy) is 1. The molecule has 0 bridgehead atoms. The van der Waals surface area contributed by atoms with E-state index < -0.39 is 0 Å².